The van der Waals surface area contributed by atoms with Crippen molar-refractivity contribution in [1.29, 1.82) is 5.41 Å². The molecule has 0 spiro atoms. The van der Waals surface area contributed by atoms with E-state index in [1.54, 1.807) is 0 Å². The monoisotopic (exact) mass is 249 g/mol. The van der Waals surface area contributed by atoms with Crippen LogP contribution in [0.15, 0.2) is 24.3 Å². The van der Waals surface area contributed by atoms with Crippen molar-refractivity contribution < 1.29 is 0 Å². The van der Waals surface area contributed by atoms with Gasteiger partial charge in [0.2, 0.25) is 0 Å². The number of hydrogen-bond acceptors (Lipinski definition) is 2. The van der Waals surface area contributed by atoms with Crippen molar-refractivity contribution in [2.45, 2.75) is 12.8 Å². The number of aryl methyl sites for hydroxylation is 1. The van der Waals surface area contributed by atoms with Gasteiger partial charge in [-0.2, -0.15) is 0 Å². The molecule has 0 heterocycles. The Kier molecular flexibility index (Phi) is 9.47. The average molecular weight is 250 g/mol. The van der Waals surface area contributed by atoms with Gasteiger partial charge in [-0.05, 0) is 24.9 Å². The van der Waals surface area contributed by atoms with Crippen molar-refractivity contribution in [2.75, 3.05) is 6.54 Å². The Bertz CT molecular complexity index is 285. The van der Waals surface area contributed by atoms with Gasteiger partial charge in [-0.25, -0.2) is 0 Å². The van der Waals surface area contributed by atoms with Gasteiger partial charge < -0.3 is 11.5 Å². The first kappa shape index (κ1) is 16.7. The van der Waals surface area contributed by atoms with E-state index in [1.165, 1.54) is 5.56 Å². The molecule has 0 aliphatic heterocycles. The van der Waals surface area contributed by atoms with E-state index < -0.39 is 0 Å². The van der Waals surface area contributed by atoms with Crippen molar-refractivity contribution in [3.05, 3.63) is 35.4 Å². The Morgan fingerprint density at radius 1 is 1.13 bits per heavy atom. The molecule has 3 nitrogen and oxygen atoms in total. The predicted molar refractivity (Wildman–Crippen MR) is 69.3 cm³/mol. The van der Waals surface area contributed by atoms with Crippen molar-refractivity contribution in [1.82, 2.24) is 0 Å². The fourth-order valence-corrected chi connectivity index (χ4v) is 1.16. The van der Waals surface area contributed by atoms with E-state index in [9.17, 15) is 0 Å². The molecule has 1 aromatic carbocycles. The maximum Gasteiger partial charge on any atom is 0.122 e. The number of halogens is 2. The Balaban J connectivity index is 0. The molecule has 0 fully saturated rings. The first-order valence-corrected chi connectivity index (χ1v) is 4.37. The van der Waals surface area contributed by atoms with E-state index >= 15 is 0 Å². The van der Waals surface area contributed by atoms with Crippen LogP contribution in [0.25, 0.3) is 0 Å². The average Bonchev–Trinajstić information content (AvgIpc) is 2.15. The van der Waals surface area contributed by atoms with Gasteiger partial charge in [0.1, 0.15) is 5.84 Å². The molecule has 1 aromatic rings. The number of amidine groups is 1. The fraction of sp³-hybridized carbons (Fsp3) is 0.300. The normalized spacial score (nSPS) is 8.60. The molecule has 0 radical (unpaired) electrons. The lowest BCUT2D eigenvalue weighted by Gasteiger charge is -2.01. The highest BCUT2D eigenvalue weighted by Gasteiger charge is 1.96. The molecule has 5 N–H and O–H groups in total. The van der Waals surface area contributed by atoms with E-state index in [4.69, 9.17) is 16.9 Å². The van der Waals surface area contributed by atoms with Crippen LogP contribution in [0.1, 0.15) is 17.5 Å². The van der Waals surface area contributed by atoms with Crippen LogP contribution >= 0.6 is 24.8 Å². The molecule has 0 atom stereocenters. The van der Waals surface area contributed by atoms with Gasteiger partial charge >= 0.3 is 0 Å². The lowest BCUT2D eigenvalue weighted by Crippen LogP contribution is -2.10. The third kappa shape index (κ3) is 5.62. The zero-order valence-corrected chi connectivity index (χ0v) is 10.0. The summed E-state index contributed by atoms with van der Waals surface area (Å²) in [5, 5.41) is 7.20. The number of benzene rings is 1. The zero-order valence-electron chi connectivity index (χ0n) is 8.40. The third-order valence-electron chi connectivity index (χ3n) is 1.93. The number of nitrogens with one attached hydrogen (secondary N) is 1. The first-order valence-electron chi connectivity index (χ1n) is 4.37. The maximum atomic E-state index is 7.20. The standard InChI is InChI=1S/C10H15N3.2ClH/c11-7-1-2-8-3-5-9(6-4-8)10(12)13;;/h3-6H,1-2,7,11H2,(H3,12,13);2*1H. The highest BCUT2D eigenvalue weighted by atomic mass is 35.5. The van der Waals surface area contributed by atoms with Crippen LogP contribution in [0.4, 0.5) is 0 Å². The molecule has 0 aromatic heterocycles. The smallest absolute Gasteiger partial charge is 0.122 e. The lowest BCUT2D eigenvalue weighted by atomic mass is 10.1. The van der Waals surface area contributed by atoms with Crippen LogP contribution in [0.2, 0.25) is 0 Å². The van der Waals surface area contributed by atoms with Crippen LogP contribution in [-0.2, 0) is 6.42 Å². The molecule has 0 aliphatic carbocycles. The van der Waals surface area contributed by atoms with Crippen LogP contribution in [0, 0.1) is 5.41 Å². The minimum Gasteiger partial charge on any atom is -0.384 e. The summed E-state index contributed by atoms with van der Waals surface area (Å²) in [6, 6.07) is 7.72. The van der Waals surface area contributed by atoms with E-state index in [1.807, 2.05) is 24.3 Å². The molecule has 0 bridgehead atoms. The van der Waals surface area contributed by atoms with Gasteiger partial charge in [0.15, 0.2) is 0 Å². The lowest BCUT2D eigenvalue weighted by molar-refractivity contribution is 0.832. The molecular formula is C10H17Cl2N3. The van der Waals surface area contributed by atoms with Gasteiger partial charge in [0.25, 0.3) is 0 Å². The molecule has 86 valence electrons. The number of nitrogens with two attached hydrogens (primary N) is 2. The predicted octanol–water partition coefficient (Wildman–Crippen LogP) is 1.71. The van der Waals surface area contributed by atoms with Crippen LogP contribution in [-0.4, -0.2) is 12.4 Å². The van der Waals surface area contributed by atoms with Crippen LogP contribution < -0.4 is 11.5 Å². The minimum absolute atomic E-state index is 0. The fourth-order valence-electron chi connectivity index (χ4n) is 1.16. The summed E-state index contributed by atoms with van der Waals surface area (Å²) in [5.41, 5.74) is 12.7. The summed E-state index contributed by atoms with van der Waals surface area (Å²) in [4.78, 5) is 0. The molecule has 0 unspecified atom stereocenters. The molecule has 1 rings (SSSR count). The van der Waals surface area contributed by atoms with Crippen molar-refractivity contribution in [3.63, 3.8) is 0 Å². The Hall–Kier alpha value is -0.770. The van der Waals surface area contributed by atoms with Gasteiger partial charge in [-0.3, -0.25) is 5.41 Å². The third-order valence-corrected chi connectivity index (χ3v) is 1.93. The number of nitrogen functional groups attached to an aromatic ring is 1. The molecular weight excluding hydrogens is 233 g/mol. The molecule has 0 saturated heterocycles. The summed E-state index contributed by atoms with van der Waals surface area (Å²) in [7, 11) is 0. The summed E-state index contributed by atoms with van der Waals surface area (Å²) in [6.07, 6.45) is 1.99. The minimum atomic E-state index is 0. The molecule has 0 saturated carbocycles. The summed E-state index contributed by atoms with van der Waals surface area (Å²) >= 11 is 0. The van der Waals surface area contributed by atoms with Gasteiger partial charge in [-0.15, -0.1) is 24.8 Å². The van der Waals surface area contributed by atoms with Crippen LogP contribution in [0.3, 0.4) is 0 Å². The second-order valence-electron chi connectivity index (χ2n) is 3.00. The second kappa shape index (κ2) is 8.53. The molecule has 15 heavy (non-hydrogen) atoms. The first-order chi connectivity index (χ1) is 6.24. The maximum absolute atomic E-state index is 7.20. The Labute approximate surface area is 103 Å². The van der Waals surface area contributed by atoms with Crippen molar-refractivity contribution >= 4 is 30.6 Å². The molecule has 0 aliphatic rings. The highest BCUT2D eigenvalue weighted by Crippen LogP contribution is 2.05. The summed E-state index contributed by atoms with van der Waals surface area (Å²) in [6.45, 7) is 0.717. The topological polar surface area (TPSA) is 75.9 Å². The van der Waals surface area contributed by atoms with E-state index in [0.29, 0.717) is 6.54 Å². The van der Waals surface area contributed by atoms with E-state index in [-0.39, 0.29) is 30.6 Å². The summed E-state index contributed by atoms with van der Waals surface area (Å²) in [5.74, 6) is 0.116. The van der Waals surface area contributed by atoms with Crippen molar-refractivity contribution in [3.8, 4) is 0 Å². The van der Waals surface area contributed by atoms with Gasteiger partial charge in [0.05, 0.1) is 0 Å². The van der Waals surface area contributed by atoms with Crippen LogP contribution in [0.5, 0.6) is 0 Å². The number of rotatable bonds is 4. The molecule has 5 heteroatoms. The Morgan fingerprint density at radius 3 is 2.07 bits per heavy atom. The van der Waals surface area contributed by atoms with E-state index in [2.05, 4.69) is 0 Å². The number of hydrogen-bond donors (Lipinski definition) is 3. The highest BCUT2D eigenvalue weighted by molar-refractivity contribution is 5.94. The Morgan fingerprint density at radius 2 is 1.67 bits per heavy atom. The van der Waals surface area contributed by atoms with Gasteiger partial charge in [0, 0.05) is 5.56 Å². The quantitative estimate of drug-likeness (QED) is 0.562. The van der Waals surface area contributed by atoms with Gasteiger partial charge in [-0.1, -0.05) is 24.3 Å². The summed E-state index contributed by atoms with van der Waals surface area (Å²) < 4.78 is 0. The zero-order chi connectivity index (χ0) is 9.68. The SMILES string of the molecule is Cl.Cl.N=C(N)c1ccc(CCCN)cc1. The molecule has 0 amide bonds. The second-order valence-corrected chi connectivity index (χ2v) is 3.00. The van der Waals surface area contributed by atoms with E-state index in [0.717, 1.165) is 18.4 Å². The van der Waals surface area contributed by atoms with Crippen molar-refractivity contribution in [2.24, 2.45) is 11.5 Å². The largest absolute Gasteiger partial charge is 0.384 e.